The molecule has 1 aliphatic carbocycles. The van der Waals surface area contributed by atoms with Crippen LogP contribution in [0.1, 0.15) is 64.3 Å². The molecular weight excluding hydrogens is 310 g/mol. The van der Waals surface area contributed by atoms with Gasteiger partial charge in [-0.25, -0.2) is 9.59 Å². The Labute approximate surface area is 127 Å². The van der Waals surface area contributed by atoms with Crippen molar-refractivity contribution in [2.24, 2.45) is 0 Å². The van der Waals surface area contributed by atoms with Crippen molar-refractivity contribution < 1.29 is 36.9 Å². The maximum atomic E-state index is 11.2. The second-order valence-electron chi connectivity index (χ2n) is 4.98. The summed E-state index contributed by atoms with van der Waals surface area (Å²) in [5, 5.41) is 18.2. The number of anilines is 1. The van der Waals surface area contributed by atoms with Gasteiger partial charge in [-0.1, -0.05) is 19.3 Å². The van der Waals surface area contributed by atoms with Gasteiger partial charge in [0.05, 0.1) is 11.1 Å². The Balaban J connectivity index is 0.00000200. The predicted molar refractivity (Wildman–Crippen MR) is 70.6 cm³/mol. The van der Waals surface area contributed by atoms with Gasteiger partial charge in [0.1, 0.15) is 0 Å². The normalized spacial score (nSPS) is 15.4. The van der Waals surface area contributed by atoms with E-state index < -0.39 is 11.9 Å². The molecule has 4 N–H and O–H groups in total. The Morgan fingerprint density at radius 1 is 1.05 bits per heavy atom. The molecule has 1 aliphatic rings. The number of carbonyl (C=O) groups is 2. The van der Waals surface area contributed by atoms with Gasteiger partial charge in [-0.3, -0.25) is 0 Å². The molecule has 0 saturated heterocycles. The minimum absolute atomic E-state index is 0. The number of aromatic carboxylic acids is 2. The average Bonchev–Trinajstić information content (AvgIpc) is 2.38. The summed E-state index contributed by atoms with van der Waals surface area (Å²) in [6.45, 7) is 0. The van der Waals surface area contributed by atoms with Gasteiger partial charge in [-0.05, 0) is 36.5 Å². The monoisotopic (exact) mass is 326 g/mol. The zero-order chi connectivity index (χ0) is 14.0. The fourth-order valence-electron chi connectivity index (χ4n) is 2.77. The molecule has 0 spiro atoms. The number of nitrogens with two attached hydrogens (primary N) is 1. The van der Waals surface area contributed by atoms with Crippen LogP contribution in [0.4, 0.5) is 5.69 Å². The number of nitrogen functional groups attached to an aromatic ring is 1. The molecule has 0 atom stereocenters. The first kappa shape index (κ1) is 16.5. The van der Waals surface area contributed by atoms with Gasteiger partial charge in [0.15, 0.2) is 0 Å². The molecule has 0 aliphatic heterocycles. The minimum Gasteiger partial charge on any atom is -0.478 e. The topological polar surface area (TPSA) is 101 Å². The molecule has 2 rings (SSSR count). The fourth-order valence-corrected chi connectivity index (χ4v) is 2.77. The maximum absolute atomic E-state index is 11.2. The maximum Gasteiger partial charge on any atom is 0.338 e. The van der Waals surface area contributed by atoms with Gasteiger partial charge in [-0.15, -0.1) is 0 Å². The number of hydrogen-bond donors (Lipinski definition) is 3. The van der Waals surface area contributed by atoms with Crippen LogP contribution in [0.5, 0.6) is 0 Å². The van der Waals surface area contributed by atoms with E-state index in [-0.39, 0.29) is 39.8 Å². The number of benzene rings is 1. The van der Waals surface area contributed by atoms with E-state index in [0.717, 1.165) is 31.2 Å². The average molecular weight is 327 g/mol. The standard InChI is InChI=1S/C14H17NO4.Cu/c15-11-7-9(8-4-2-1-3-5-8)6-10(13(16)17)12(11)14(18)19;/h6-8H,1-5,15H2,(H,16,17)(H,18,19);. The Hall–Kier alpha value is -1.52. The van der Waals surface area contributed by atoms with Crippen LogP contribution in [-0.2, 0) is 17.1 Å². The van der Waals surface area contributed by atoms with Crippen molar-refractivity contribution in [2.45, 2.75) is 38.0 Å². The van der Waals surface area contributed by atoms with E-state index in [9.17, 15) is 9.59 Å². The van der Waals surface area contributed by atoms with E-state index in [4.69, 9.17) is 15.9 Å². The van der Waals surface area contributed by atoms with Crippen molar-refractivity contribution in [2.75, 3.05) is 5.73 Å². The van der Waals surface area contributed by atoms with Gasteiger partial charge < -0.3 is 15.9 Å². The SMILES string of the molecule is Nc1cc(C2CCCCC2)cc(C(=O)O)c1C(=O)O.[Cu]. The summed E-state index contributed by atoms with van der Waals surface area (Å²) in [4.78, 5) is 22.3. The van der Waals surface area contributed by atoms with E-state index in [1.54, 1.807) is 6.07 Å². The summed E-state index contributed by atoms with van der Waals surface area (Å²) < 4.78 is 0. The molecule has 1 aromatic rings. The molecule has 0 unspecified atom stereocenters. The van der Waals surface area contributed by atoms with E-state index >= 15 is 0 Å². The summed E-state index contributed by atoms with van der Waals surface area (Å²) in [7, 11) is 0. The molecule has 0 aromatic heterocycles. The van der Waals surface area contributed by atoms with E-state index in [1.165, 1.54) is 12.5 Å². The molecule has 1 radical (unpaired) electrons. The van der Waals surface area contributed by atoms with Gasteiger partial charge in [0.2, 0.25) is 0 Å². The molecule has 5 nitrogen and oxygen atoms in total. The molecule has 1 fully saturated rings. The van der Waals surface area contributed by atoms with Crippen molar-refractivity contribution in [3.8, 4) is 0 Å². The van der Waals surface area contributed by atoms with E-state index in [0.29, 0.717) is 0 Å². The first-order valence-electron chi connectivity index (χ1n) is 6.40. The molecule has 20 heavy (non-hydrogen) atoms. The molecule has 113 valence electrons. The molecule has 0 amide bonds. The molecule has 1 saturated carbocycles. The number of rotatable bonds is 3. The quantitative estimate of drug-likeness (QED) is 0.585. The number of carboxylic acids is 2. The Bertz CT molecular complexity index is 524. The third kappa shape index (κ3) is 3.32. The van der Waals surface area contributed by atoms with Crippen LogP contribution < -0.4 is 5.73 Å². The van der Waals surface area contributed by atoms with Crippen LogP contribution in [-0.4, -0.2) is 22.2 Å². The van der Waals surface area contributed by atoms with Crippen molar-refractivity contribution >= 4 is 17.6 Å². The minimum atomic E-state index is -1.30. The molecule has 6 heteroatoms. The predicted octanol–water partition coefficient (Wildman–Crippen LogP) is 2.71. The molecule has 0 heterocycles. The van der Waals surface area contributed by atoms with Gasteiger partial charge in [0, 0.05) is 22.8 Å². The first-order valence-corrected chi connectivity index (χ1v) is 6.40. The first-order chi connectivity index (χ1) is 9.00. The zero-order valence-electron chi connectivity index (χ0n) is 10.9. The van der Waals surface area contributed by atoms with Crippen LogP contribution in [0.25, 0.3) is 0 Å². The second-order valence-corrected chi connectivity index (χ2v) is 4.98. The van der Waals surface area contributed by atoms with Gasteiger partial charge in [-0.2, -0.15) is 0 Å². The van der Waals surface area contributed by atoms with Gasteiger partial charge in [0.25, 0.3) is 0 Å². The van der Waals surface area contributed by atoms with E-state index in [2.05, 4.69) is 0 Å². The Morgan fingerprint density at radius 3 is 2.15 bits per heavy atom. The molecular formula is C14H17CuNO4. The van der Waals surface area contributed by atoms with Crippen LogP contribution >= 0.6 is 0 Å². The summed E-state index contributed by atoms with van der Waals surface area (Å²) in [6.07, 6.45) is 5.45. The summed E-state index contributed by atoms with van der Waals surface area (Å²) in [6, 6.07) is 3.09. The number of carboxylic acid groups (broad SMARTS) is 2. The van der Waals surface area contributed by atoms with Crippen molar-refractivity contribution in [3.05, 3.63) is 28.8 Å². The zero-order valence-corrected chi connectivity index (χ0v) is 11.8. The summed E-state index contributed by atoms with van der Waals surface area (Å²) in [5.41, 5.74) is 6.08. The van der Waals surface area contributed by atoms with Gasteiger partial charge >= 0.3 is 11.9 Å². The van der Waals surface area contributed by atoms with Crippen molar-refractivity contribution in [1.29, 1.82) is 0 Å². The van der Waals surface area contributed by atoms with Crippen molar-refractivity contribution in [3.63, 3.8) is 0 Å². The van der Waals surface area contributed by atoms with Crippen molar-refractivity contribution in [1.82, 2.24) is 0 Å². The third-order valence-electron chi connectivity index (χ3n) is 3.71. The van der Waals surface area contributed by atoms with E-state index in [1.807, 2.05) is 0 Å². The molecule has 0 bridgehead atoms. The smallest absolute Gasteiger partial charge is 0.338 e. The van der Waals surface area contributed by atoms with Crippen LogP contribution in [0, 0.1) is 0 Å². The van der Waals surface area contributed by atoms with Crippen LogP contribution in [0.2, 0.25) is 0 Å². The third-order valence-corrected chi connectivity index (χ3v) is 3.71. The Kier molecular flexibility index (Phi) is 5.60. The summed E-state index contributed by atoms with van der Waals surface area (Å²) >= 11 is 0. The van der Waals surface area contributed by atoms with Crippen LogP contribution in [0.3, 0.4) is 0 Å². The Morgan fingerprint density at radius 2 is 1.65 bits per heavy atom. The van der Waals surface area contributed by atoms with Crippen LogP contribution in [0.15, 0.2) is 12.1 Å². The second kappa shape index (κ2) is 6.77. The molecule has 1 aromatic carbocycles. The fraction of sp³-hybridized carbons (Fsp3) is 0.429. The largest absolute Gasteiger partial charge is 0.478 e. The number of hydrogen-bond acceptors (Lipinski definition) is 3. The summed E-state index contributed by atoms with van der Waals surface area (Å²) in [5.74, 6) is -2.26.